The van der Waals surface area contributed by atoms with Gasteiger partial charge in [-0.05, 0) is 38.4 Å². The van der Waals surface area contributed by atoms with E-state index in [0.717, 1.165) is 24.9 Å². The number of benzene rings is 1. The van der Waals surface area contributed by atoms with Crippen LogP contribution in [0.25, 0.3) is 0 Å². The van der Waals surface area contributed by atoms with E-state index in [0.29, 0.717) is 19.6 Å². The SMILES string of the molecule is Cc1ccc(S(=O)(=O)O[C@H]2CN3CCC[C@H]3[C@@]23CCOC3=O)cc1. The minimum Gasteiger partial charge on any atom is -0.465 e. The summed E-state index contributed by atoms with van der Waals surface area (Å²) in [7, 11) is -3.91. The normalized spacial score (nSPS) is 33.1. The van der Waals surface area contributed by atoms with Gasteiger partial charge >= 0.3 is 5.97 Å². The Morgan fingerprint density at radius 1 is 1.29 bits per heavy atom. The van der Waals surface area contributed by atoms with Gasteiger partial charge in [-0.2, -0.15) is 8.42 Å². The summed E-state index contributed by atoms with van der Waals surface area (Å²) in [5.41, 5.74) is 0.139. The fraction of sp³-hybridized carbons (Fsp3) is 0.588. The number of carbonyl (C=O) groups is 1. The maximum absolute atomic E-state index is 12.7. The monoisotopic (exact) mass is 351 g/mol. The topological polar surface area (TPSA) is 72.9 Å². The molecule has 7 heteroatoms. The highest BCUT2D eigenvalue weighted by Gasteiger charge is 2.64. The average molecular weight is 351 g/mol. The first-order chi connectivity index (χ1) is 11.4. The van der Waals surface area contributed by atoms with E-state index in [9.17, 15) is 13.2 Å². The summed E-state index contributed by atoms with van der Waals surface area (Å²) in [4.78, 5) is 14.8. The Morgan fingerprint density at radius 3 is 2.71 bits per heavy atom. The quantitative estimate of drug-likeness (QED) is 0.607. The van der Waals surface area contributed by atoms with Crippen LogP contribution in [-0.2, 0) is 23.8 Å². The summed E-state index contributed by atoms with van der Waals surface area (Å²) in [5, 5.41) is 0. The van der Waals surface area contributed by atoms with Crippen molar-refractivity contribution in [2.24, 2.45) is 5.41 Å². The van der Waals surface area contributed by atoms with Gasteiger partial charge in [0.1, 0.15) is 11.5 Å². The third-order valence-electron chi connectivity index (χ3n) is 5.61. The Labute approximate surface area is 141 Å². The zero-order valence-electron chi connectivity index (χ0n) is 13.6. The van der Waals surface area contributed by atoms with Crippen molar-refractivity contribution in [1.29, 1.82) is 0 Å². The summed E-state index contributed by atoms with van der Waals surface area (Å²) in [6, 6.07) is 6.59. The molecule has 0 aliphatic carbocycles. The van der Waals surface area contributed by atoms with Crippen LogP contribution in [0, 0.1) is 12.3 Å². The molecule has 1 aromatic carbocycles. The molecule has 3 aliphatic heterocycles. The molecule has 1 aromatic rings. The maximum atomic E-state index is 12.7. The predicted octanol–water partition coefficient (Wildman–Crippen LogP) is 1.48. The Morgan fingerprint density at radius 2 is 2.04 bits per heavy atom. The minimum absolute atomic E-state index is 0.0331. The van der Waals surface area contributed by atoms with Crippen molar-refractivity contribution >= 4 is 16.1 Å². The molecule has 1 spiro atoms. The number of esters is 1. The number of ether oxygens (including phenoxy) is 1. The third kappa shape index (κ3) is 2.29. The summed E-state index contributed by atoms with van der Waals surface area (Å²) in [6.07, 6.45) is 1.77. The van der Waals surface area contributed by atoms with Crippen molar-refractivity contribution in [2.45, 2.75) is 43.2 Å². The molecule has 0 N–H and O–H groups in total. The molecular weight excluding hydrogens is 330 g/mol. The molecule has 0 bridgehead atoms. The van der Waals surface area contributed by atoms with Crippen molar-refractivity contribution in [3.8, 4) is 0 Å². The van der Waals surface area contributed by atoms with Gasteiger partial charge in [0.2, 0.25) is 0 Å². The Hall–Kier alpha value is -1.44. The molecule has 6 nitrogen and oxygen atoms in total. The molecule has 3 fully saturated rings. The van der Waals surface area contributed by atoms with E-state index in [1.54, 1.807) is 24.3 Å². The van der Waals surface area contributed by atoms with Crippen LogP contribution in [0.5, 0.6) is 0 Å². The zero-order valence-corrected chi connectivity index (χ0v) is 14.4. The third-order valence-corrected chi connectivity index (χ3v) is 6.95. The summed E-state index contributed by atoms with van der Waals surface area (Å²) in [6.45, 7) is 3.58. The number of cyclic esters (lactones) is 1. The second-order valence-electron chi connectivity index (χ2n) is 6.93. The Bertz CT molecular complexity index is 760. The number of hydrogen-bond acceptors (Lipinski definition) is 6. The van der Waals surface area contributed by atoms with E-state index in [4.69, 9.17) is 8.92 Å². The largest absolute Gasteiger partial charge is 0.465 e. The first-order valence-electron chi connectivity index (χ1n) is 8.35. The first kappa shape index (κ1) is 16.1. The molecule has 0 aromatic heterocycles. The van der Waals surface area contributed by atoms with E-state index >= 15 is 0 Å². The Balaban J connectivity index is 1.66. The van der Waals surface area contributed by atoms with Gasteiger partial charge in [0.25, 0.3) is 10.1 Å². The lowest BCUT2D eigenvalue weighted by Gasteiger charge is -2.30. The molecule has 0 amide bonds. The second-order valence-corrected chi connectivity index (χ2v) is 8.50. The van der Waals surface area contributed by atoms with Gasteiger partial charge in [-0.3, -0.25) is 13.9 Å². The summed E-state index contributed by atoms with van der Waals surface area (Å²) >= 11 is 0. The molecule has 3 saturated heterocycles. The lowest BCUT2D eigenvalue weighted by molar-refractivity contribution is -0.150. The van der Waals surface area contributed by atoms with Crippen LogP contribution >= 0.6 is 0 Å². The van der Waals surface area contributed by atoms with Crippen LogP contribution in [-0.4, -0.2) is 51.1 Å². The highest BCUT2D eigenvalue weighted by Crippen LogP contribution is 2.50. The van der Waals surface area contributed by atoms with Gasteiger partial charge in [0, 0.05) is 19.0 Å². The van der Waals surface area contributed by atoms with Crippen LogP contribution in [0.1, 0.15) is 24.8 Å². The van der Waals surface area contributed by atoms with Crippen molar-refractivity contribution in [3.63, 3.8) is 0 Å². The molecular formula is C17H21NO5S. The van der Waals surface area contributed by atoms with Crippen molar-refractivity contribution in [3.05, 3.63) is 29.8 Å². The lowest BCUT2D eigenvalue weighted by atomic mass is 9.76. The molecule has 3 aliphatic rings. The maximum Gasteiger partial charge on any atom is 0.316 e. The molecule has 4 rings (SSSR count). The molecule has 0 unspecified atom stereocenters. The van der Waals surface area contributed by atoms with Crippen LogP contribution in [0.3, 0.4) is 0 Å². The number of carbonyl (C=O) groups excluding carboxylic acids is 1. The number of fused-ring (bicyclic) bond motifs is 2. The number of hydrogen-bond donors (Lipinski definition) is 0. The van der Waals surface area contributed by atoms with Gasteiger partial charge in [-0.15, -0.1) is 0 Å². The van der Waals surface area contributed by atoms with E-state index < -0.39 is 21.6 Å². The lowest BCUT2D eigenvalue weighted by Crippen LogP contribution is -2.46. The van der Waals surface area contributed by atoms with E-state index in [-0.39, 0.29) is 16.9 Å². The first-order valence-corrected chi connectivity index (χ1v) is 9.75. The molecule has 0 radical (unpaired) electrons. The van der Waals surface area contributed by atoms with E-state index in [1.807, 2.05) is 6.92 Å². The zero-order chi connectivity index (χ0) is 16.9. The average Bonchev–Trinajstić information content (AvgIpc) is 3.19. The highest BCUT2D eigenvalue weighted by molar-refractivity contribution is 7.86. The van der Waals surface area contributed by atoms with Crippen LogP contribution in [0.2, 0.25) is 0 Å². The van der Waals surface area contributed by atoms with Gasteiger partial charge < -0.3 is 4.74 Å². The standard InChI is InChI=1S/C17H21NO5S/c1-12-4-6-13(7-5-12)24(20,21)23-15-11-18-9-2-3-14(18)17(15)8-10-22-16(17)19/h4-7,14-15H,2-3,8-11H2,1H3/t14-,15-,17-/m0/s1. The van der Waals surface area contributed by atoms with E-state index in [1.165, 1.54) is 0 Å². The van der Waals surface area contributed by atoms with Gasteiger partial charge in [-0.1, -0.05) is 17.7 Å². The van der Waals surface area contributed by atoms with Crippen molar-refractivity contribution in [2.75, 3.05) is 19.7 Å². The predicted molar refractivity (Wildman–Crippen MR) is 85.8 cm³/mol. The van der Waals surface area contributed by atoms with E-state index in [2.05, 4.69) is 4.90 Å². The van der Waals surface area contributed by atoms with Gasteiger partial charge in [0.15, 0.2) is 0 Å². The second kappa shape index (κ2) is 5.54. The number of nitrogens with zero attached hydrogens (tertiary/aromatic N) is 1. The molecule has 0 saturated carbocycles. The smallest absolute Gasteiger partial charge is 0.316 e. The molecule has 130 valence electrons. The fourth-order valence-corrected chi connectivity index (χ4v) is 5.51. The minimum atomic E-state index is -3.91. The van der Waals surface area contributed by atoms with Crippen molar-refractivity contribution in [1.82, 2.24) is 4.90 Å². The van der Waals surface area contributed by atoms with Crippen LogP contribution < -0.4 is 0 Å². The summed E-state index contributed by atoms with van der Waals surface area (Å²) in [5.74, 6) is -0.305. The highest BCUT2D eigenvalue weighted by atomic mass is 32.2. The molecule has 3 atom stereocenters. The van der Waals surface area contributed by atoms with Gasteiger partial charge in [0.05, 0.1) is 11.5 Å². The van der Waals surface area contributed by atoms with Gasteiger partial charge in [-0.25, -0.2) is 0 Å². The fourth-order valence-electron chi connectivity index (χ4n) is 4.39. The number of aryl methyl sites for hydroxylation is 1. The molecule has 24 heavy (non-hydrogen) atoms. The Kier molecular flexibility index (Phi) is 3.71. The summed E-state index contributed by atoms with van der Waals surface area (Å²) < 4.78 is 36.2. The van der Waals surface area contributed by atoms with Crippen LogP contribution in [0.4, 0.5) is 0 Å². The molecule has 3 heterocycles. The van der Waals surface area contributed by atoms with Crippen LogP contribution in [0.15, 0.2) is 29.2 Å². The van der Waals surface area contributed by atoms with Crippen molar-refractivity contribution < 1.29 is 22.1 Å². The number of rotatable bonds is 3.